The van der Waals surface area contributed by atoms with E-state index in [9.17, 15) is 29.4 Å². The highest BCUT2D eigenvalue weighted by Gasteiger charge is 2.30. The van der Waals surface area contributed by atoms with E-state index in [-0.39, 0.29) is 30.1 Å². The highest BCUT2D eigenvalue weighted by atomic mass is 32.1. The van der Waals surface area contributed by atoms with Crippen LogP contribution < -0.4 is 21.7 Å². The molecule has 0 radical (unpaired) electrons. The summed E-state index contributed by atoms with van der Waals surface area (Å²) in [5, 5.41) is 27.5. The standard InChI is InChI=1S/C26H31N5O6S2/c27-18(12-38)23(33)29-20(9-14-5-7-16(32)8-6-14)24(34)30-21(25(35)31-22(13-39)26(36)37)10-15-11-28-19-4-2-1-3-17(15)19/h1-8,11,18,20-22,28,32,38-39H,9-10,12-13,27H2,(H,29,33)(H,30,34)(H,31,35)(H,36,37)/t18-,20-,21-,22-/m0/s1. The monoisotopic (exact) mass is 573 g/mol. The molecule has 208 valence electrons. The number of nitrogens with two attached hydrogens (primary N) is 1. The number of hydrogen-bond donors (Lipinski definition) is 9. The Balaban J connectivity index is 1.89. The number of H-pyrrole nitrogens is 1. The average molecular weight is 574 g/mol. The Morgan fingerprint density at radius 2 is 1.41 bits per heavy atom. The van der Waals surface area contributed by atoms with Crippen LogP contribution in [0.2, 0.25) is 0 Å². The summed E-state index contributed by atoms with van der Waals surface area (Å²) < 4.78 is 0. The maximum atomic E-state index is 13.5. The van der Waals surface area contributed by atoms with Gasteiger partial charge in [-0.2, -0.15) is 25.3 Å². The maximum Gasteiger partial charge on any atom is 0.327 e. The van der Waals surface area contributed by atoms with Gasteiger partial charge in [-0.3, -0.25) is 14.4 Å². The second-order valence-corrected chi connectivity index (χ2v) is 9.66. The number of aliphatic carboxylic acids is 1. The average Bonchev–Trinajstić information content (AvgIpc) is 3.33. The predicted molar refractivity (Wildman–Crippen MR) is 153 cm³/mol. The molecule has 0 spiro atoms. The first-order chi connectivity index (χ1) is 18.6. The van der Waals surface area contributed by atoms with Gasteiger partial charge in [0, 0.05) is 41.4 Å². The molecule has 8 N–H and O–H groups in total. The third-order valence-electron chi connectivity index (χ3n) is 6.07. The number of thiol groups is 2. The van der Waals surface area contributed by atoms with Crippen molar-refractivity contribution in [1.29, 1.82) is 0 Å². The van der Waals surface area contributed by atoms with Crippen LogP contribution in [0.3, 0.4) is 0 Å². The van der Waals surface area contributed by atoms with Crippen molar-refractivity contribution in [1.82, 2.24) is 20.9 Å². The van der Waals surface area contributed by atoms with E-state index in [1.54, 1.807) is 18.3 Å². The fourth-order valence-electron chi connectivity index (χ4n) is 3.90. The Hall–Kier alpha value is -3.68. The van der Waals surface area contributed by atoms with E-state index in [4.69, 9.17) is 5.73 Å². The van der Waals surface area contributed by atoms with E-state index in [1.165, 1.54) is 12.1 Å². The fraction of sp³-hybridized carbons (Fsp3) is 0.308. The highest BCUT2D eigenvalue weighted by Crippen LogP contribution is 2.19. The minimum atomic E-state index is -1.27. The highest BCUT2D eigenvalue weighted by molar-refractivity contribution is 7.80. The summed E-state index contributed by atoms with van der Waals surface area (Å²) in [6, 6.07) is 8.94. The lowest BCUT2D eigenvalue weighted by atomic mass is 10.0. The molecule has 0 aliphatic heterocycles. The number of fused-ring (bicyclic) bond motifs is 1. The first-order valence-electron chi connectivity index (χ1n) is 12.1. The van der Waals surface area contributed by atoms with Crippen LogP contribution in [0, 0.1) is 0 Å². The molecule has 3 aromatic rings. The number of nitrogens with one attached hydrogen (secondary N) is 4. The van der Waals surface area contributed by atoms with Gasteiger partial charge in [-0.25, -0.2) is 4.79 Å². The number of carbonyl (C=O) groups excluding carboxylic acids is 3. The number of aromatic nitrogens is 1. The van der Waals surface area contributed by atoms with Crippen LogP contribution in [0.1, 0.15) is 11.1 Å². The van der Waals surface area contributed by atoms with Gasteiger partial charge < -0.3 is 36.9 Å². The molecule has 3 rings (SSSR count). The number of amides is 3. The first-order valence-corrected chi connectivity index (χ1v) is 13.3. The smallest absolute Gasteiger partial charge is 0.327 e. The van der Waals surface area contributed by atoms with E-state index < -0.39 is 47.9 Å². The summed E-state index contributed by atoms with van der Waals surface area (Å²) in [5.41, 5.74) is 7.97. The summed E-state index contributed by atoms with van der Waals surface area (Å²) >= 11 is 8.03. The summed E-state index contributed by atoms with van der Waals surface area (Å²) in [6.07, 6.45) is 1.79. The molecule has 13 heteroatoms. The maximum absolute atomic E-state index is 13.5. The fourth-order valence-corrected chi connectivity index (χ4v) is 4.31. The summed E-state index contributed by atoms with van der Waals surface area (Å²) in [7, 11) is 0. The third-order valence-corrected chi connectivity index (χ3v) is 6.83. The van der Waals surface area contributed by atoms with Gasteiger partial charge in [-0.15, -0.1) is 0 Å². The van der Waals surface area contributed by atoms with Crippen LogP contribution in [0.25, 0.3) is 10.9 Å². The van der Waals surface area contributed by atoms with E-state index >= 15 is 0 Å². The molecular weight excluding hydrogens is 542 g/mol. The first kappa shape index (κ1) is 29.9. The number of para-hydroxylation sites is 1. The van der Waals surface area contributed by atoms with E-state index in [1.807, 2.05) is 24.3 Å². The molecule has 0 unspecified atom stereocenters. The zero-order valence-electron chi connectivity index (χ0n) is 20.8. The van der Waals surface area contributed by atoms with Gasteiger partial charge in [-0.05, 0) is 29.3 Å². The van der Waals surface area contributed by atoms with Crippen molar-refractivity contribution in [3.05, 3.63) is 65.9 Å². The van der Waals surface area contributed by atoms with E-state index in [2.05, 4.69) is 46.2 Å². The zero-order valence-corrected chi connectivity index (χ0v) is 22.6. The lowest BCUT2D eigenvalue weighted by molar-refractivity contribution is -0.141. The van der Waals surface area contributed by atoms with Gasteiger partial charge >= 0.3 is 5.97 Å². The van der Waals surface area contributed by atoms with Crippen molar-refractivity contribution in [2.75, 3.05) is 11.5 Å². The molecule has 3 amide bonds. The van der Waals surface area contributed by atoms with Crippen LogP contribution in [-0.2, 0) is 32.0 Å². The minimum Gasteiger partial charge on any atom is -0.508 e. The largest absolute Gasteiger partial charge is 0.508 e. The number of benzene rings is 2. The van der Waals surface area contributed by atoms with Crippen molar-refractivity contribution in [3.63, 3.8) is 0 Å². The molecule has 0 bridgehead atoms. The number of carboxylic acid groups (broad SMARTS) is 1. The van der Waals surface area contributed by atoms with Crippen molar-refractivity contribution < 1.29 is 29.4 Å². The quantitative estimate of drug-likeness (QED) is 0.132. The molecule has 4 atom stereocenters. The summed E-state index contributed by atoms with van der Waals surface area (Å²) in [5.74, 6) is -3.36. The van der Waals surface area contributed by atoms with Gasteiger partial charge in [-0.1, -0.05) is 30.3 Å². The molecule has 11 nitrogen and oxygen atoms in total. The number of phenolic OH excluding ortho intramolecular Hbond substituents is 1. The van der Waals surface area contributed by atoms with Gasteiger partial charge in [0.1, 0.15) is 23.9 Å². The Morgan fingerprint density at radius 3 is 2.03 bits per heavy atom. The van der Waals surface area contributed by atoms with Crippen molar-refractivity contribution in [3.8, 4) is 5.75 Å². The minimum absolute atomic E-state index is 0.0347. The summed E-state index contributed by atoms with van der Waals surface area (Å²) in [4.78, 5) is 53.9. The van der Waals surface area contributed by atoms with Crippen molar-refractivity contribution in [2.45, 2.75) is 37.0 Å². The molecule has 1 aromatic heterocycles. The predicted octanol–water partition coefficient (Wildman–Crippen LogP) is 0.385. The molecule has 0 aliphatic rings. The van der Waals surface area contributed by atoms with Gasteiger partial charge in [0.2, 0.25) is 17.7 Å². The zero-order chi connectivity index (χ0) is 28.5. The van der Waals surface area contributed by atoms with Crippen molar-refractivity contribution >= 4 is 59.9 Å². The van der Waals surface area contributed by atoms with Crippen LogP contribution in [0.15, 0.2) is 54.7 Å². The van der Waals surface area contributed by atoms with E-state index in [0.717, 1.165) is 16.5 Å². The Morgan fingerprint density at radius 1 is 0.821 bits per heavy atom. The number of phenols is 1. The Kier molecular flexibility index (Phi) is 10.7. The van der Waals surface area contributed by atoms with Gasteiger partial charge in [0.05, 0.1) is 6.04 Å². The van der Waals surface area contributed by atoms with E-state index in [0.29, 0.717) is 5.56 Å². The second kappa shape index (κ2) is 13.9. The molecule has 0 fully saturated rings. The number of carbonyl (C=O) groups is 4. The normalized spacial score (nSPS) is 14.1. The molecule has 0 saturated carbocycles. The lowest BCUT2D eigenvalue weighted by Gasteiger charge is -2.25. The van der Waals surface area contributed by atoms with Gasteiger partial charge in [0.15, 0.2) is 0 Å². The molecule has 2 aromatic carbocycles. The van der Waals surface area contributed by atoms with Crippen molar-refractivity contribution in [2.24, 2.45) is 5.73 Å². The number of rotatable bonds is 13. The third kappa shape index (κ3) is 8.15. The lowest BCUT2D eigenvalue weighted by Crippen LogP contribution is -2.58. The topological polar surface area (TPSA) is 187 Å². The van der Waals surface area contributed by atoms with Crippen LogP contribution in [0.5, 0.6) is 5.75 Å². The van der Waals surface area contributed by atoms with Crippen LogP contribution in [-0.4, -0.2) is 74.6 Å². The van der Waals surface area contributed by atoms with Crippen LogP contribution in [0.4, 0.5) is 0 Å². The van der Waals surface area contributed by atoms with Crippen LogP contribution >= 0.6 is 25.3 Å². The van der Waals surface area contributed by atoms with Gasteiger partial charge in [0.25, 0.3) is 0 Å². The number of aromatic amines is 1. The molecule has 1 heterocycles. The number of hydrogen-bond acceptors (Lipinski definition) is 8. The molecule has 39 heavy (non-hydrogen) atoms. The Bertz CT molecular complexity index is 1320. The molecule has 0 saturated heterocycles. The number of aromatic hydroxyl groups is 1. The second-order valence-electron chi connectivity index (χ2n) is 8.93. The molecular formula is C26H31N5O6S2. The SMILES string of the molecule is N[C@@H](CS)C(=O)N[C@@H](Cc1ccc(O)cc1)C(=O)N[C@@H](Cc1c[nH]c2ccccc12)C(=O)N[C@@H](CS)C(=O)O. The molecule has 0 aliphatic carbocycles. The number of carboxylic acids is 1. The summed E-state index contributed by atoms with van der Waals surface area (Å²) in [6.45, 7) is 0. The Labute approximate surface area is 235 Å².